The average Bonchev–Trinajstić information content (AvgIpc) is 3.56. The van der Waals surface area contributed by atoms with Gasteiger partial charge in [0.25, 0.3) is 0 Å². The number of rotatable bonds is 8. The van der Waals surface area contributed by atoms with Crippen molar-refractivity contribution in [2.75, 3.05) is 34.4 Å². The molecular formula is C28H31N3O4S. The van der Waals surface area contributed by atoms with Crippen LogP contribution in [0.15, 0.2) is 52.4 Å². The van der Waals surface area contributed by atoms with Gasteiger partial charge in [-0.05, 0) is 38.9 Å². The van der Waals surface area contributed by atoms with Crippen molar-refractivity contribution in [2.24, 2.45) is 0 Å². The number of thiazole rings is 1. The summed E-state index contributed by atoms with van der Waals surface area (Å²) in [5.74, 6) is 3.46. The highest BCUT2D eigenvalue weighted by atomic mass is 32.1. The van der Waals surface area contributed by atoms with Crippen molar-refractivity contribution >= 4 is 11.3 Å². The monoisotopic (exact) mass is 505 g/mol. The molecule has 0 bridgehead atoms. The highest BCUT2D eigenvalue weighted by molar-refractivity contribution is 7.10. The van der Waals surface area contributed by atoms with Crippen LogP contribution in [-0.2, 0) is 6.54 Å². The molecule has 0 unspecified atom stereocenters. The lowest BCUT2D eigenvalue weighted by molar-refractivity contribution is 0.202. The summed E-state index contributed by atoms with van der Waals surface area (Å²) in [5, 5.41) is 7.66. The molecule has 2 aromatic heterocycles. The van der Waals surface area contributed by atoms with Crippen LogP contribution in [0.5, 0.6) is 17.2 Å². The predicted molar refractivity (Wildman–Crippen MR) is 141 cm³/mol. The van der Waals surface area contributed by atoms with Crippen molar-refractivity contribution in [2.45, 2.75) is 32.2 Å². The number of hydrogen-bond acceptors (Lipinski definition) is 8. The van der Waals surface area contributed by atoms with Crippen LogP contribution in [0.3, 0.4) is 0 Å². The van der Waals surface area contributed by atoms with E-state index in [1.807, 2.05) is 37.3 Å². The second kappa shape index (κ2) is 10.7. The zero-order valence-electron chi connectivity index (χ0n) is 21.1. The lowest BCUT2D eigenvalue weighted by atomic mass is 9.97. The van der Waals surface area contributed by atoms with Crippen molar-refractivity contribution in [3.63, 3.8) is 0 Å². The molecule has 5 rings (SSSR count). The highest BCUT2D eigenvalue weighted by Crippen LogP contribution is 2.39. The van der Waals surface area contributed by atoms with Crippen molar-refractivity contribution < 1.29 is 18.7 Å². The van der Waals surface area contributed by atoms with Crippen LogP contribution >= 0.6 is 11.3 Å². The number of piperidine rings is 1. The lowest BCUT2D eigenvalue weighted by Gasteiger charge is -2.31. The van der Waals surface area contributed by atoms with Gasteiger partial charge in [-0.2, -0.15) is 0 Å². The first-order valence-electron chi connectivity index (χ1n) is 12.1. The molecule has 3 heterocycles. The van der Waals surface area contributed by atoms with E-state index in [1.54, 1.807) is 32.7 Å². The van der Waals surface area contributed by atoms with Crippen molar-refractivity contribution in [3.8, 4) is 39.8 Å². The van der Waals surface area contributed by atoms with Gasteiger partial charge in [-0.1, -0.05) is 35.5 Å². The number of nitrogens with zero attached hydrogens (tertiary/aromatic N) is 3. The number of likely N-dealkylation sites (tertiary alicyclic amines) is 1. The molecule has 1 saturated heterocycles. The predicted octanol–water partition coefficient (Wildman–Crippen LogP) is 6.18. The van der Waals surface area contributed by atoms with Gasteiger partial charge in [-0.25, -0.2) is 4.98 Å². The Morgan fingerprint density at radius 2 is 1.67 bits per heavy atom. The Hall–Kier alpha value is -3.36. The molecule has 1 fully saturated rings. The van der Waals surface area contributed by atoms with E-state index in [1.165, 1.54) is 5.01 Å². The summed E-state index contributed by atoms with van der Waals surface area (Å²) in [6.45, 7) is 4.76. The van der Waals surface area contributed by atoms with Crippen LogP contribution in [0.4, 0.5) is 0 Å². The van der Waals surface area contributed by atoms with Gasteiger partial charge in [0.15, 0.2) is 11.5 Å². The summed E-state index contributed by atoms with van der Waals surface area (Å²) in [6.07, 6.45) is 2.13. The molecule has 36 heavy (non-hydrogen) atoms. The Bertz CT molecular complexity index is 1310. The van der Waals surface area contributed by atoms with Crippen LogP contribution in [0.2, 0.25) is 0 Å². The van der Waals surface area contributed by atoms with Crippen LogP contribution in [0.1, 0.15) is 35.1 Å². The molecule has 4 aromatic rings. The van der Waals surface area contributed by atoms with Gasteiger partial charge >= 0.3 is 0 Å². The lowest BCUT2D eigenvalue weighted by Crippen LogP contribution is -2.32. The molecule has 7 nitrogen and oxygen atoms in total. The van der Waals surface area contributed by atoms with Gasteiger partial charge in [0.2, 0.25) is 0 Å². The van der Waals surface area contributed by atoms with E-state index >= 15 is 0 Å². The first-order chi connectivity index (χ1) is 17.6. The summed E-state index contributed by atoms with van der Waals surface area (Å²) in [4.78, 5) is 7.52. The third-order valence-electron chi connectivity index (χ3n) is 6.81. The van der Waals surface area contributed by atoms with E-state index in [9.17, 15) is 0 Å². The Balaban J connectivity index is 1.28. The first-order valence-corrected chi connectivity index (χ1v) is 13.0. The minimum Gasteiger partial charge on any atom is -0.496 e. The van der Waals surface area contributed by atoms with Gasteiger partial charge in [0, 0.05) is 35.0 Å². The maximum Gasteiger partial charge on any atom is 0.164 e. The van der Waals surface area contributed by atoms with E-state index in [4.69, 9.17) is 23.7 Å². The Kier molecular flexibility index (Phi) is 7.25. The minimum absolute atomic E-state index is 0.452. The van der Waals surface area contributed by atoms with Crippen molar-refractivity contribution in [1.82, 2.24) is 15.0 Å². The zero-order chi connectivity index (χ0) is 25.1. The number of aryl methyl sites for hydroxylation is 1. The summed E-state index contributed by atoms with van der Waals surface area (Å²) in [7, 11) is 4.99. The number of ether oxygens (including phenoxy) is 3. The molecule has 0 N–H and O–H groups in total. The largest absolute Gasteiger partial charge is 0.496 e. The minimum atomic E-state index is 0.452. The molecular weight excluding hydrogens is 474 g/mol. The van der Waals surface area contributed by atoms with E-state index in [0.717, 1.165) is 77.8 Å². The van der Waals surface area contributed by atoms with Crippen molar-refractivity contribution in [3.05, 3.63) is 64.2 Å². The zero-order valence-corrected chi connectivity index (χ0v) is 21.9. The summed E-state index contributed by atoms with van der Waals surface area (Å²) in [5.41, 5.74) is 4.93. The fourth-order valence-corrected chi connectivity index (χ4v) is 5.83. The summed E-state index contributed by atoms with van der Waals surface area (Å²) < 4.78 is 22.1. The third kappa shape index (κ3) is 4.83. The van der Waals surface area contributed by atoms with Crippen molar-refractivity contribution in [1.29, 1.82) is 0 Å². The van der Waals surface area contributed by atoms with E-state index in [0.29, 0.717) is 11.7 Å². The molecule has 0 aliphatic carbocycles. The maximum atomic E-state index is 5.63. The molecule has 2 aromatic carbocycles. The van der Waals surface area contributed by atoms with Gasteiger partial charge in [0.05, 0.1) is 37.6 Å². The highest BCUT2D eigenvalue weighted by Gasteiger charge is 2.26. The van der Waals surface area contributed by atoms with Crippen LogP contribution in [0.25, 0.3) is 22.5 Å². The van der Waals surface area contributed by atoms with Gasteiger partial charge in [0.1, 0.15) is 17.2 Å². The van der Waals surface area contributed by atoms with Gasteiger partial charge in [-0.15, -0.1) is 11.3 Å². The number of aromatic nitrogens is 2. The molecule has 8 heteroatoms. The smallest absolute Gasteiger partial charge is 0.164 e. The Labute approximate surface area is 215 Å². The number of methoxy groups -OCH3 is 3. The van der Waals surface area contributed by atoms with E-state index in [2.05, 4.69) is 27.6 Å². The summed E-state index contributed by atoms with van der Waals surface area (Å²) >= 11 is 1.74. The second-order valence-corrected chi connectivity index (χ2v) is 9.86. The molecule has 188 valence electrons. The fraction of sp³-hybridized carbons (Fsp3) is 0.357. The number of hydrogen-bond donors (Lipinski definition) is 0. The molecule has 0 atom stereocenters. The fourth-order valence-electron chi connectivity index (χ4n) is 4.85. The molecule has 0 spiro atoms. The van der Waals surface area contributed by atoms with Crippen LogP contribution in [-0.4, -0.2) is 49.5 Å². The van der Waals surface area contributed by atoms with E-state index in [-0.39, 0.29) is 0 Å². The second-order valence-electron chi connectivity index (χ2n) is 8.97. The molecule has 1 aliphatic rings. The quantitative estimate of drug-likeness (QED) is 0.283. The maximum absolute atomic E-state index is 5.63. The third-order valence-corrected chi connectivity index (χ3v) is 7.81. The Morgan fingerprint density at radius 3 is 2.36 bits per heavy atom. The Morgan fingerprint density at radius 1 is 0.972 bits per heavy atom. The molecule has 0 radical (unpaired) electrons. The van der Waals surface area contributed by atoms with Crippen LogP contribution < -0.4 is 14.2 Å². The molecule has 1 aliphatic heterocycles. The normalized spacial score (nSPS) is 14.7. The molecule has 0 amide bonds. The SMILES string of the molecule is COc1cc(OC)c(OC)cc1CN1CCC(c2nc(-c3c(-c4ccccc4)noc3C)cs2)CC1. The van der Waals surface area contributed by atoms with Crippen LogP contribution in [0, 0.1) is 6.92 Å². The van der Waals surface area contributed by atoms with E-state index < -0.39 is 0 Å². The van der Waals surface area contributed by atoms with Gasteiger partial charge < -0.3 is 18.7 Å². The van der Waals surface area contributed by atoms with Gasteiger partial charge in [-0.3, -0.25) is 4.90 Å². The standard InChI is InChI=1S/C28H31N3O4S/c1-18-26(27(30-35-18)19-8-6-5-7-9-19)22-17-36-28(29-22)20-10-12-31(13-11-20)16-21-14-24(33-3)25(34-4)15-23(21)32-2/h5-9,14-15,17,20H,10-13,16H2,1-4H3. The topological polar surface area (TPSA) is 69.8 Å². The summed E-state index contributed by atoms with van der Waals surface area (Å²) in [6, 6.07) is 14.1. The molecule has 0 saturated carbocycles. The number of benzene rings is 2. The first kappa shape index (κ1) is 24.3. The average molecular weight is 506 g/mol.